The lowest BCUT2D eigenvalue weighted by Gasteiger charge is -2.52. The van der Waals surface area contributed by atoms with Gasteiger partial charge in [0, 0.05) is 25.0 Å². The molecule has 3 N–H and O–H groups in total. The zero-order chi connectivity index (χ0) is 17.8. The Hall–Kier alpha value is -2.04. The lowest BCUT2D eigenvalue weighted by molar-refractivity contribution is -0.192. The molecule has 2 aliphatic heterocycles. The van der Waals surface area contributed by atoms with Gasteiger partial charge in [0.25, 0.3) is 0 Å². The molecule has 11 heteroatoms. The predicted octanol–water partition coefficient (Wildman–Crippen LogP) is 0.525. The number of carboxylic acid groups (broad SMARTS) is 2. The van der Waals surface area contributed by atoms with Gasteiger partial charge in [-0.25, -0.2) is 9.59 Å². The highest BCUT2D eigenvalue weighted by Crippen LogP contribution is 2.40. The number of carbonyl (C=O) groups is 3. The smallest absolute Gasteiger partial charge is 0.480 e. The van der Waals surface area contributed by atoms with Gasteiger partial charge in [-0.2, -0.15) is 13.2 Å². The Bertz CT molecular complexity index is 474. The fraction of sp³-hybridized carbons (Fsp3) is 0.750. The molecule has 2 rings (SSSR count). The Balaban J connectivity index is 0.000000322. The number of nitrogens with one attached hydrogen (secondary N) is 1. The summed E-state index contributed by atoms with van der Waals surface area (Å²) >= 11 is 0. The van der Waals surface area contributed by atoms with E-state index in [9.17, 15) is 22.8 Å². The number of amides is 1. The second kappa shape index (κ2) is 7.02. The number of carbonyl (C=O) groups excluding carboxylic acids is 1. The van der Waals surface area contributed by atoms with Gasteiger partial charge in [0.1, 0.15) is 6.04 Å². The number of methoxy groups -OCH3 is 1. The van der Waals surface area contributed by atoms with E-state index in [2.05, 4.69) is 10.1 Å². The fourth-order valence-corrected chi connectivity index (χ4v) is 2.57. The van der Waals surface area contributed by atoms with E-state index in [1.54, 1.807) is 4.90 Å². The first-order valence-corrected chi connectivity index (χ1v) is 6.63. The molecule has 23 heavy (non-hydrogen) atoms. The highest BCUT2D eigenvalue weighted by molar-refractivity contribution is 5.76. The van der Waals surface area contributed by atoms with Crippen LogP contribution in [0.2, 0.25) is 0 Å². The molecule has 2 aliphatic rings. The van der Waals surface area contributed by atoms with E-state index in [-0.39, 0.29) is 11.5 Å². The first-order chi connectivity index (χ1) is 10.5. The first-order valence-electron chi connectivity index (χ1n) is 6.63. The molecular weight excluding hydrogens is 325 g/mol. The maximum Gasteiger partial charge on any atom is 0.490 e. The van der Waals surface area contributed by atoms with Crippen LogP contribution in [0.1, 0.15) is 12.8 Å². The highest BCUT2D eigenvalue weighted by Gasteiger charge is 2.52. The van der Waals surface area contributed by atoms with Crippen LogP contribution in [0.15, 0.2) is 0 Å². The van der Waals surface area contributed by atoms with Gasteiger partial charge in [-0.1, -0.05) is 0 Å². The quantitative estimate of drug-likeness (QED) is 0.636. The number of piperidine rings is 1. The summed E-state index contributed by atoms with van der Waals surface area (Å²) in [4.78, 5) is 32.8. The van der Waals surface area contributed by atoms with Crippen LogP contribution in [0.5, 0.6) is 0 Å². The zero-order valence-electron chi connectivity index (χ0n) is 12.2. The molecule has 8 nitrogen and oxygen atoms in total. The topological polar surface area (TPSA) is 116 Å². The van der Waals surface area contributed by atoms with Crippen molar-refractivity contribution in [3.05, 3.63) is 0 Å². The van der Waals surface area contributed by atoms with Crippen molar-refractivity contribution >= 4 is 18.0 Å². The summed E-state index contributed by atoms with van der Waals surface area (Å²) < 4.78 is 36.4. The van der Waals surface area contributed by atoms with Crippen LogP contribution in [-0.4, -0.2) is 72.1 Å². The number of nitrogens with zero attached hydrogens (tertiary/aromatic N) is 1. The number of aliphatic carboxylic acids is 2. The molecule has 0 saturated carbocycles. The van der Waals surface area contributed by atoms with Gasteiger partial charge in [-0.05, 0) is 12.8 Å². The Morgan fingerprint density at radius 3 is 1.96 bits per heavy atom. The number of ether oxygens (including phenoxy) is 1. The Morgan fingerprint density at radius 2 is 1.70 bits per heavy atom. The molecule has 2 saturated heterocycles. The van der Waals surface area contributed by atoms with Crippen molar-refractivity contribution in [2.24, 2.45) is 5.41 Å². The third-order valence-corrected chi connectivity index (χ3v) is 3.95. The van der Waals surface area contributed by atoms with Crippen molar-refractivity contribution in [2.45, 2.75) is 25.1 Å². The number of alkyl halides is 3. The average molecular weight is 342 g/mol. The van der Waals surface area contributed by atoms with Gasteiger partial charge < -0.3 is 25.2 Å². The van der Waals surface area contributed by atoms with Crippen LogP contribution >= 0.6 is 0 Å². The van der Waals surface area contributed by atoms with Gasteiger partial charge in [-0.3, -0.25) is 4.79 Å². The number of halogens is 3. The van der Waals surface area contributed by atoms with Gasteiger partial charge in [0.05, 0.1) is 7.11 Å². The van der Waals surface area contributed by atoms with E-state index in [0.29, 0.717) is 13.1 Å². The Morgan fingerprint density at radius 1 is 1.22 bits per heavy atom. The van der Waals surface area contributed by atoms with E-state index in [1.807, 2.05) is 0 Å². The van der Waals surface area contributed by atoms with Gasteiger partial charge in [-0.15, -0.1) is 0 Å². The summed E-state index contributed by atoms with van der Waals surface area (Å²) in [5.41, 5.74) is -0.156. The van der Waals surface area contributed by atoms with Crippen LogP contribution < -0.4 is 5.32 Å². The van der Waals surface area contributed by atoms with Crippen LogP contribution in [0.25, 0.3) is 0 Å². The predicted molar refractivity (Wildman–Crippen MR) is 68.8 cm³/mol. The molecule has 1 atom stereocenters. The van der Waals surface area contributed by atoms with E-state index < -0.39 is 24.2 Å². The summed E-state index contributed by atoms with van der Waals surface area (Å²) in [6.45, 7) is 1.90. The van der Waals surface area contributed by atoms with Gasteiger partial charge >= 0.3 is 24.2 Å². The third-order valence-electron chi connectivity index (χ3n) is 3.95. The van der Waals surface area contributed by atoms with Crippen LogP contribution in [0, 0.1) is 5.41 Å². The normalized spacial score (nSPS) is 22.4. The van der Waals surface area contributed by atoms with Crippen molar-refractivity contribution in [2.75, 3.05) is 26.7 Å². The number of hydrogen-bond donors (Lipinski definition) is 3. The fourth-order valence-electron chi connectivity index (χ4n) is 2.57. The second-order valence-electron chi connectivity index (χ2n) is 5.27. The van der Waals surface area contributed by atoms with E-state index in [0.717, 1.165) is 19.4 Å². The lowest BCUT2D eigenvalue weighted by atomic mass is 9.67. The summed E-state index contributed by atoms with van der Waals surface area (Å²) in [5, 5.41) is 19.1. The molecule has 132 valence electrons. The minimum absolute atomic E-state index is 0.156. The Labute approximate surface area is 129 Å². The summed E-state index contributed by atoms with van der Waals surface area (Å²) in [5.74, 6) is -3.55. The molecule has 0 aromatic heterocycles. The average Bonchev–Trinajstić information content (AvgIpc) is 2.44. The van der Waals surface area contributed by atoms with Crippen molar-refractivity contribution in [3.8, 4) is 0 Å². The number of carboxylic acids is 2. The lowest BCUT2D eigenvalue weighted by Crippen LogP contribution is -2.68. The largest absolute Gasteiger partial charge is 0.490 e. The van der Waals surface area contributed by atoms with Crippen LogP contribution in [0.3, 0.4) is 0 Å². The third kappa shape index (κ3) is 4.47. The number of rotatable bonds is 1. The highest BCUT2D eigenvalue weighted by atomic mass is 19.4. The van der Waals surface area contributed by atoms with E-state index in [1.165, 1.54) is 7.11 Å². The first kappa shape index (κ1) is 19.0. The maximum atomic E-state index is 11.3. The molecule has 1 spiro atoms. The minimum Gasteiger partial charge on any atom is -0.480 e. The molecule has 0 aromatic carbocycles. The Kier molecular flexibility index (Phi) is 5.81. The van der Waals surface area contributed by atoms with Crippen LogP contribution in [-0.2, 0) is 14.3 Å². The van der Waals surface area contributed by atoms with Gasteiger partial charge in [0.15, 0.2) is 0 Å². The molecule has 2 fully saturated rings. The van der Waals surface area contributed by atoms with E-state index >= 15 is 0 Å². The summed E-state index contributed by atoms with van der Waals surface area (Å²) in [7, 11) is 1.36. The molecule has 0 aliphatic carbocycles. The van der Waals surface area contributed by atoms with Gasteiger partial charge in [0.2, 0.25) is 0 Å². The van der Waals surface area contributed by atoms with E-state index in [4.69, 9.17) is 15.0 Å². The van der Waals surface area contributed by atoms with Crippen molar-refractivity contribution in [1.29, 1.82) is 0 Å². The number of hydrogen-bond acceptors (Lipinski definition) is 5. The summed E-state index contributed by atoms with van der Waals surface area (Å²) in [6.07, 6.45) is -3.95. The number of likely N-dealkylation sites (tertiary alicyclic amines) is 1. The molecule has 1 amide bonds. The standard InChI is InChI=1S/C10H16N2O4.C2HF3O2/c1-16-9(15)12-4-2-10(3-5-12)6-11-7(10)8(13)14;3-2(4,5)1(6)7/h7,11H,2-6H2,1H3,(H,13,14);(H,6,7). The second-order valence-corrected chi connectivity index (χ2v) is 5.27. The molecular formula is C12H17F3N2O6. The minimum atomic E-state index is -5.08. The SMILES string of the molecule is COC(=O)N1CCC2(CC1)CNC2C(=O)O.O=C(O)C(F)(F)F. The monoisotopic (exact) mass is 342 g/mol. The molecule has 2 heterocycles. The van der Waals surface area contributed by atoms with Crippen LogP contribution in [0.4, 0.5) is 18.0 Å². The zero-order valence-corrected chi connectivity index (χ0v) is 12.2. The molecule has 0 radical (unpaired) electrons. The summed E-state index contributed by atoms with van der Waals surface area (Å²) in [6, 6.07) is -0.452. The van der Waals surface area contributed by atoms with Crippen molar-refractivity contribution < 1.29 is 42.5 Å². The molecule has 1 unspecified atom stereocenters. The molecule has 0 bridgehead atoms. The molecule has 0 aromatic rings. The maximum absolute atomic E-state index is 11.3. The van der Waals surface area contributed by atoms with Crippen molar-refractivity contribution in [1.82, 2.24) is 10.2 Å². The van der Waals surface area contributed by atoms with Crippen molar-refractivity contribution in [3.63, 3.8) is 0 Å².